The van der Waals surface area contributed by atoms with Gasteiger partial charge in [0.05, 0.1) is 10.6 Å². The van der Waals surface area contributed by atoms with Crippen LogP contribution in [0.5, 0.6) is 0 Å². The highest BCUT2D eigenvalue weighted by atomic mass is 32.2. The first-order chi connectivity index (χ1) is 12.4. The number of carbonyl (C=O) groups is 2. The maximum absolute atomic E-state index is 12.6. The third-order valence-electron chi connectivity index (χ3n) is 4.30. The first-order valence-corrected chi connectivity index (χ1v) is 9.92. The van der Waals surface area contributed by atoms with Crippen LogP contribution in [0.2, 0.25) is 0 Å². The lowest BCUT2D eigenvalue weighted by atomic mass is 10.1. The van der Waals surface area contributed by atoms with Gasteiger partial charge in [0.2, 0.25) is 0 Å². The fraction of sp³-hybridized carbons (Fsp3) is 0.263. The van der Waals surface area contributed by atoms with Crippen molar-refractivity contribution in [3.05, 3.63) is 65.7 Å². The number of carbonyl (C=O) groups excluding carboxylic acids is 1. The molecule has 2 aromatic rings. The van der Waals surface area contributed by atoms with E-state index in [1.54, 1.807) is 30.3 Å². The fourth-order valence-electron chi connectivity index (χ4n) is 2.74. The Morgan fingerprint density at radius 1 is 1.08 bits per heavy atom. The Morgan fingerprint density at radius 3 is 2.38 bits per heavy atom. The van der Waals surface area contributed by atoms with E-state index >= 15 is 0 Å². The monoisotopic (exact) mass is 373 g/mol. The zero-order valence-electron chi connectivity index (χ0n) is 14.0. The van der Waals surface area contributed by atoms with Crippen molar-refractivity contribution >= 4 is 21.7 Å². The molecule has 0 radical (unpaired) electrons. The van der Waals surface area contributed by atoms with Gasteiger partial charge in [0.15, 0.2) is 9.84 Å². The van der Waals surface area contributed by atoms with Gasteiger partial charge < -0.3 is 10.4 Å². The van der Waals surface area contributed by atoms with E-state index in [1.807, 2.05) is 0 Å². The van der Waals surface area contributed by atoms with Crippen LogP contribution in [0.3, 0.4) is 0 Å². The molecule has 26 heavy (non-hydrogen) atoms. The smallest absolute Gasteiger partial charge is 0.326 e. The van der Waals surface area contributed by atoms with Gasteiger partial charge in [-0.3, -0.25) is 4.79 Å². The summed E-state index contributed by atoms with van der Waals surface area (Å²) in [6.07, 6.45) is 1.53. The minimum atomic E-state index is -3.61. The number of sulfone groups is 1. The molecule has 0 aliphatic heterocycles. The van der Waals surface area contributed by atoms with E-state index in [4.69, 9.17) is 0 Å². The van der Waals surface area contributed by atoms with Crippen molar-refractivity contribution < 1.29 is 23.1 Å². The first-order valence-electron chi connectivity index (χ1n) is 8.27. The third-order valence-corrected chi connectivity index (χ3v) is 5.99. The van der Waals surface area contributed by atoms with Crippen LogP contribution in [0.1, 0.15) is 28.8 Å². The molecule has 1 amide bonds. The molecular formula is C19H19NO5S. The molecule has 1 aliphatic carbocycles. The highest BCUT2D eigenvalue weighted by Gasteiger charge is 2.37. The second-order valence-electron chi connectivity index (χ2n) is 6.40. The minimum absolute atomic E-state index is 0.0345. The molecule has 1 fully saturated rings. The third kappa shape index (κ3) is 4.29. The van der Waals surface area contributed by atoms with Gasteiger partial charge in [-0.1, -0.05) is 36.4 Å². The number of amides is 1. The molecular weight excluding hydrogens is 354 g/mol. The van der Waals surface area contributed by atoms with Crippen molar-refractivity contribution in [3.63, 3.8) is 0 Å². The summed E-state index contributed by atoms with van der Waals surface area (Å²) in [5.74, 6) is -1.88. The Labute approximate surface area is 151 Å². The quantitative estimate of drug-likeness (QED) is 0.775. The molecule has 0 saturated heterocycles. The SMILES string of the molecule is O=C(NC(C(=O)O)C1CC1)c1cccc(S(=O)(=O)Cc2ccccc2)c1. The van der Waals surface area contributed by atoms with Crippen LogP contribution in [-0.4, -0.2) is 31.4 Å². The molecule has 1 atom stereocenters. The largest absolute Gasteiger partial charge is 0.480 e. The Balaban J connectivity index is 1.79. The number of hydrogen-bond acceptors (Lipinski definition) is 4. The van der Waals surface area contributed by atoms with E-state index in [1.165, 1.54) is 24.3 Å². The average molecular weight is 373 g/mol. The number of hydrogen-bond donors (Lipinski definition) is 2. The molecule has 7 heteroatoms. The van der Waals surface area contributed by atoms with Crippen molar-refractivity contribution in [2.24, 2.45) is 5.92 Å². The molecule has 0 spiro atoms. The van der Waals surface area contributed by atoms with E-state index in [-0.39, 0.29) is 22.1 Å². The number of nitrogens with one attached hydrogen (secondary N) is 1. The van der Waals surface area contributed by atoms with E-state index in [9.17, 15) is 23.1 Å². The van der Waals surface area contributed by atoms with Crippen molar-refractivity contribution in [2.75, 3.05) is 0 Å². The maximum Gasteiger partial charge on any atom is 0.326 e. The molecule has 0 bridgehead atoms. The van der Waals surface area contributed by atoms with Crippen LogP contribution in [0.25, 0.3) is 0 Å². The number of carboxylic acids is 1. The number of benzene rings is 2. The Kier molecular flexibility index (Phi) is 5.08. The highest BCUT2D eigenvalue weighted by molar-refractivity contribution is 7.90. The molecule has 1 aliphatic rings. The summed E-state index contributed by atoms with van der Waals surface area (Å²) in [7, 11) is -3.61. The van der Waals surface area contributed by atoms with Gasteiger partial charge in [-0.2, -0.15) is 0 Å². The van der Waals surface area contributed by atoms with Crippen LogP contribution in [-0.2, 0) is 20.4 Å². The van der Waals surface area contributed by atoms with Crippen molar-refractivity contribution in [3.8, 4) is 0 Å². The summed E-state index contributed by atoms with van der Waals surface area (Å²) in [6.45, 7) is 0. The summed E-state index contributed by atoms with van der Waals surface area (Å²) in [4.78, 5) is 23.7. The average Bonchev–Trinajstić information content (AvgIpc) is 3.44. The van der Waals surface area contributed by atoms with E-state index < -0.39 is 27.8 Å². The van der Waals surface area contributed by atoms with Crippen LogP contribution < -0.4 is 5.32 Å². The van der Waals surface area contributed by atoms with E-state index in [2.05, 4.69) is 5.32 Å². The van der Waals surface area contributed by atoms with Crippen LogP contribution in [0.4, 0.5) is 0 Å². The van der Waals surface area contributed by atoms with Crippen molar-refractivity contribution in [2.45, 2.75) is 29.5 Å². The topological polar surface area (TPSA) is 101 Å². The lowest BCUT2D eigenvalue weighted by Crippen LogP contribution is -2.42. The van der Waals surface area contributed by atoms with Gasteiger partial charge >= 0.3 is 5.97 Å². The van der Waals surface area contributed by atoms with Gasteiger partial charge in [0, 0.05) is 5.56 Å². The summed E-state index contributed by atoms with van der Waals surface area (Å²) in [5.41, 5.74) is 0.785. The second-order valence-corrected chi connectivity index (χ2v) is 8.39. The zero-order chi connectivity index (χ0) is 18.7. The normalized spacial score (nSPS) is 15.2. The number of aliphatic carboxylic acids is 1. The summed E-state index contributed by atoms with van der Waals surface area (Å²) < 4.78 is 25.2. The second kappa shape index (κ2) is 7.29. The Hall–Kier alpha value is -2.67. The summed E-state index contributed by atoms with van der Waals surface area (Å²) in [6, 6.07) is 13.5. The maximum atomic E-state index is 12.6. The molecule has 0 aromatic heterocycles. The molecule has 1 unspecified atom stereocenters. The summed E-state index contributed by atoms with van der Waals surface area (Å²) in [5, 5.41) is 11.7. The predicted molar refractivity (Wildman–Crippen MR) is 95.4 cm³/mol. The number of carboxylic acid groups (broad SMARTS) is 1. The predicted octanol–water partition coefficient (Wildman–Crippen LogP) is 2.25. The Morgan fingerprint density at radius 2 is 1.77 bits per heavy atom. The van der Waals surface area contributed by atoms with Crippen LogP contribution in [0.15, 0.2) is 59.5 Å². The molecule has 0 heterocycles. The van der Waals surface area contributed by atoms with Gasteiger partial charge in [0.1, 0.15) is 6.04 Å². The van der Waals surface area contributed by atoms with E-state index in [0.29, 0.717) is 5.56 Å². The first kappa shape index (κ1) is 18.1. The highest BCUT2D eigenvalue weighted by Crippen LogP contribution is 2.33. The van der Waals surface area contributed by atoms with Gasteiger partial charge in [-0.15, -0.1) is 0 Å². The van der Waals surface area contributed by atoms with Gasteiger partial charge in [-0.25, -0.2) is 13.2 Å². The Bertz CT molecular complexity index is 920. The summed E-state index contributed by atoms with van der Waals surface area (Å²) >= 11 is 0. The molecule has 1 saturated carbocycles. The van der Waals surface area contributed by atoms with Crippen molar-refractivity contribution in [1.82, 2.24) is 5.32 Å². The lowest BCUT2D eigenvalue weighted by Gasteiger charge is -2.14. The molecule has 2 aromatic carbocycles. The van der Waals surface area contributed by atoms with Crippen LogP contribution >= 0.6 is 0 Å². The molecule has 2 N–H and O–H groups in total. The van der Waals surface area contributed by atoms with Gasteiger partial charge in [-0.05, 0) is 42.5 Å². The number of rotatable bonds is 7. The fourth-order valence-corrected chi connectivity index (χ4v) is 4.13. The van der Waals surface area contributed by atoms with Crippen molar-refractivity contribution in [1.29, 1.82) is 0 Å². The lowest BCUT2D eigenvalue weighted by molar-refractivity contribution is -0.139. The standard InChI is InChI=1S/C19H19NO5S/c21-18(20-17(19(22)23)14-9-10-14)15-7-4-8-16(11-15)26(24,25)12-13-5-2-1-3-6-13/h1-8,11,14,17H,9-10,12H2,(H,20,21)(H,22,23). The van der Waals surface area contributed by atoms with Gasteiger partial charge in [0.25, 0.3) is 5.91 Å². The molecule has 6 nitrogen and oxygen atoms in total. The van der Waals surface area contributed by atoms with Crippen LogP contribution in [0, 0.1) is 5.92 Å². The molecule has 136 valence electrons. The molecule has 3 rings (SSSR count). The van der Waals surface area contributed by atoms with E-state index in [0.717, 1.165) is 12.8 Å². The minimum Gasteiger partial charge on any atom is -0.480 e. The zero-order valence-corrected chi connectivity index (χ0v) is 14.8.